The fourth-order valence-electron chi connectivity index (χ4n) is 12.3. The summed E-state index contributed by atoms with van der Waals surface area (Å²) in [5.74, 6) is 0.690. The van der Waals surface area contributed by atoms with E-state index in [4.69, 9.17) is 9.97 Å². The van der Waals surface area contributed by atoms with Crippen LogP contribution in [-0.4, -0.2) is 19.1 Å². The minimum absolute atomic E-state index is 0.640. The third-order valence-electron chi connectivity index (χ3n) is 15.6. The van der Waals surface area contributed by atoms with E-state index in [-0.39, 0.29) is 0 Å². The molecule has 0 radical (unpaired) electrons. The maximum absolute atomic E-state index is 5.22. The van der Waals surface area contributed by atoms with Gasteiger partial charge in [0.25, 0.3) is 0 Å². The summed E-state index contributed by atoms with van der Waals surface area (Å²) in [4.78, 5) is 10.4. The van der Waals surface area contributed by atoms with E-state index in [1.165, 1.54) is 77.1 Å². The van der Waals surface area contributed by atoms with Crippen molar-refractivity contribution in [3.8, 4) is 67.5 Å². The monoisotopic (exact) mass is 954 g/mol. The van der Waals surface area contributed by atoms with Gasteiger partial charge in [0.2, 0.25) is 0 Å². The molecule has 4 nitrogen and oxygen atoms in total. The fourth-order valence-corrected chi connectivity index (χ4v) is 12.3. The molecule has 350 valence electrons. The normalized spacial score (nSPS) is 12.6. The molecule has 0 amide bonds. The zero-order valence-corrected chi connectivity index (χ0v) is 40.8. The average Bonchev–Trinajstić information content (AvgIpc) is 4.12. The van der Waals surface area contributed by atoms with Crippen molar-refractivity contribution in [3.63, 3.8) is 0 Å². The second-order valence-corrected chi connectivity index (χ2v) is 19.7. The highest BCUT2D eigenvalue weighted by molar-refractivity contribution is 6.13. The van der Waals surface area contributed by atoms with Crippen molar-refractivity contribution in [2.45, 2.75) is 5.41 Å². The van der Waals surface area contributed by atoms with Crippen LogP contribution in [0.3, 0.4) is 0 Å². The van der Waals surface area contributed by atoms with Crippen molar-refractivity contribution in [1.29, 1.82) is 0 Å². The lowest BCUT2D eigenvalue weighted by Gasteiger charge is -2.34. The molecule has 3 heterocycles. The average molecular weight is 955 g/mol. The van der Waals surface area contributed by atoms with E-state index in [0.717, 1.165) is 50.5 Å². The first-order valence-corrected chi connectivity index (χ1v) is 25.7. The van der Waals surface area contributed by atoms with Gasteiger partial charge in [-0.3, -0.25) is 0 Å². The van der Waals surface area contributed by atoms with E-state index >= 15 is 0 Å². The molecular formula is C71H46N4. The van der Waals surface area contributed by atoms with Crippen LogP contribution in [0.2, 0.25) is 0 Å². The van der Waals surface area contributed by atoms with E-state index in [1.54, 1.807) is 0 Å². The first-order valence-electron chi connectivity index (χ1n) is 25.7. The molecule has 15 rings (SSSR count). The molecule has 1 aliphatic carbocycles. The molecule has 0 bridgehead atoms. The Balaban J connectivity index is 0.935. The zero-order chi connectivity index (χ0) is 49.5. The lowest BCUT2D eigenvalue weighted by atomic mass is 9.67. The number of hydrogen-bond acceptors (Lipinski definition) is 2. The smallest absolute Gasteiger partial charge is 0.160 e. The molecule has 14 aromatic rings. The highest BCUT2D eigenvalue weighted by atomic mass is 15.0. The molecule has 75 heavy (non-hydrogen) atoms. The molecule has 0 unspecified atom stereocenters. The van der Waals surface area contributed by atoms with E-state index < -0.39 is 5.41 Å². The number of hydrogen-bond donors (Lipinski definition) is 0. The molecule has 0 N–H and O–H groups in total. The van der Waals surface area contributed by atoms with Gasteiger partial charge in [-0.15, -0.1) is 0 Å². The van der Waals surface area contributed by atoms with Crippen LogP contribution in [0.4, 0.5) is 0 Å². The van der Waals surface area contributed by atoms with E-state index in [2.05, 4.69) is 276 Å². The Hall–Kier alpha value is -9.90. The quantitative estimate of drug-likeness (QED) is 0.152. The maximum Gasteiger partial charge on any atom is 0.160 e. The highest BCUT2D eigenvalue weighted by Crippen LogP contribution is 2.57. The number of nitrogens with zero attached hydrogens (tertiary/aromatic N) is 4. The van der Waals surface area contributed by atoms with Gasteiger partial charge >= 0.3 is 0 Å². The predicted octanol–water partition coefficient (Wildman–Crippen LogP) is 17.7. The van der Waals surface area contributed by atoms with E-state index in [1.807, 2.05) is 12.1 Å². The summed E-state index contributed by atoms with van der Waals surface area (Å²) >= 11 is 0. The van der Waals surface area contributed by atoms with Crippen LogP contribution < -0.4 is 0 Å². The molecule has 0 fully saturated rings. The lowest BCUT2D eigenvalue weighted by molar-refractivity contribution is 0.770. The van der Waals surface area contributed by atoms with Crippen molar-refractivity contribution in [2.24, 2.45) is 0 Å². The Kier molecular flexibility index (Phi) is 9.76. The number of rotatable bonds is 8. The Morgan fingerprint density at radius 3 is 1.21 bits per heavy atom. The van der Waals surface area contributed by atoms with Crippen LogP contribution >= 0.6 is 0 Å². The van der Waals surface area contributed by atoms with Gasteiger partial charge in [0.1, 0.15) is 0 Å². The maximum atomic E-state index is 5.22. The number of fused-ring (bicyclic) bond motifs is 9. The first kappa shape index (κ1) is 42.8. The molecule has 0 saturated heterocycles. The highest BCUT2D eigenvalue weighted by Gasteiger charge is 2.46. The van der Waals surface area contributed by atoms with E-state index in [0.29, 0.717) is 5.82 Å². The van der Waals surface area contributed by atoms with Gasteiger partial charge in [-0.25, -0.2) is 9.97 Å². The summed E-state index contributed by atoms with van der Waals surface area (Å²) in [6.07, 6.45) is 0. The Labute approximate surface area is 434 Å². The van der Waals surface area contributed by atoms with Crippen LogP contribution in [0, 0.1) is 0 Å². The summed E-state index contributed by atoms with van der Waals surface area (Å²) in [5.41, 5.74) is 21.0. The van der Waals surface area contributed by atoms with Gasteiger partial charge < -0.3 is 9.13 Å². The Bertz CT molecular complexity index is 4390. The van der Waals surface area contributed by atoms with Crippen LogP contribution in [0.5, 0.6) is 0 Å². The summed E-state index contributed by atoms with van der Waals surface area (Å²) in [6.45, 7) is 0. The molecular weight excluding hydrogens is 909 g/mol. The number of benzene rings is 11. The standard InChI is InChI=1S/C71H46N4/c1-5-19-47(20-6-1)64-46-65(48-21-7-2-8-22-48)73-70(72-64)49-33-37-52(38-34-49)71(62-30-16-13-27-56(62)57-28-14-17-31-63(57)71)53-39-42-69-61(45-53)60-44-51(36-41-68(60)75(69)55-25-11-4-12-26-55)50-35-40-67-59(43-50)58-29-15-18-32-66(58)74(67)54-23-9-3-10-24-54/h1-46H. The molecule has 3 aromatic heterocycles. The van der Waals surface area contributed by atoms with Gasteiger partial charge in [0.15, 0.2) is 5.82 Å². The summed E-state index contributed by atoms with van der Waals surface area (Å²) in [5, 5.41) is 4.88. The van der Waals surface area contributed by atoms with Crippen molar-refractivity contribution in [3.05, 3.63) is 301 Å². The number of aromatic nitrogens is 4. The molecule has 11 aromatic carbocycles. The number of para-hydroxylation sites is 3. The van der Waals surface area contributed by atoms with Crippen LogP contribution in [0.1, 0.15) is 22.3 Å². The van der Waals surface area contributed by atoms with Crippen molar-refractivity contribution >= 4 is 43.6 Å². The molecule has 0 atom stereocenters. The molecule has 4 heteroatoms. The van der Waals surface area contributed by atoms with Crippen LogP contribution in [0.25, 0.3) is 111 Å². The zero-order valence-electron chi connectivity index (χ0n) is 40.8. The van der Waals surface area contributed by atoms with Gasteiger partial charge in [-0.1, -0.05) is 206 Å². The van der Waals surface area contributed by atoms with Gasteiger partial charge in [0.05, 0.1) is 38.9 Å². The fraction of sp³-hybridized carbons (Fsp3) is 0.0141. The molecule has 0 spiro atoms. The van der Waals surface area contributed by atoms with Gasteiger partial charge in [-0.05, 0) is 117 Å². The lowest BCUT2D eigenvalue weighted by Crippen LogP contribution is -2.28. The third-order valence-corrected chi connectivity index (χ3v) is 15.6. The minimum Gasteiger partial charge on any atom is -0.309 e. The predicted molar refractivity (Wildman–Crippen MR) is 310 cm³/mol. The van der Waals surface area contributed by atoms with E-state index in [9.17, 15) is 0 Å². The van der Waals surface area contributed by atoms with Crippen LogP contribution in [-0.2, 0) is 5.41 Å². The largest absolute Gasteiger partial charge is 0.309 e. The topological polar surface area (TPSA) is 35.6 Å². The molecule has 0 aliphatic heterocycles. The third kappa shape index (κ3) is 6.70. The minimum atomic E-state index is -0.640. The Morgan fingerprint density at radius 2 is 0.667 bits per heavy atom. The molecule has 0 saturated carbocycles. The van der Waals surface area contributed by atoms with Crippen molar-refractivity contribution in [1.82, 2.24) is 19.1 Å². The molecule has 1 aliphatic rings. The van der Waals surface area contributed by atoms with Crippen molar-refractivity contribution < 1.29 is 0 Å². The SMILES string of the molecule is c1ccc(-c2cc(-c3ccccc3)nc(-c3ccc(C4(c5ccc6c(c5)c5cc(-c7ccc8c(c7)c7ccccc7n8-c7ccccc7)ccc5n6-c5ccccc5)c5ccccc5-c5ccccc54)cc3)n2)cc1. The summed E-state index contributed by atoms with van der Waals surface area (Å²) in [6, 6.07) is 101. The first-order chi connectivity index (χ1) is 37.2. The summed E-state index contributed by atoms with van der Waals surface area (Å²) in [7, 11) is 0. The van der Waals surface area contributed by atoms with Gasteiger partial charge in [-0.2, -0.15) is 0 Å². The second-order valence-electron chi connectivity index (χ2n) is 19.7. The van der Waals surface area contributed by atoms with Crippen LogP contribution in [0.15, 0.2) is 279 Å². The second kappa shape index (κ2) is 17.1. The Morgan fingerprint density at radius 1 is 0.267 bits per heavy atom. The van der Waals surface area contributed by atoms with Crippen molar-refractivity contribution in [2.75, 3.05) is 0 Å². The summed E-state index contributed by atoms with van der Waals surface area (Å²) < 4.78 is 4.81. The van der Waals surface area contributed by atoms with Gasteiger partial charge in [0, 0.05) is 49.6 Å².